The van der Waals surface area contributed by atoms with Crippen molar-refractivity contribution in [1.29, 1.82) is 0 Å². The second-order valence-electron chi connectivity index (χ2n) is 2.71. The maximum atomic E-state index is 11.5. The van der Waals surface area contributed by atoms with Gasteiger partial charge >= 0.3 is 0 Å². The molecule has 1 rings (SSSR count). The molecule has 1 aromatic carbocycles. The zero-order chi connectivity index (χ0) is 10.8. The SMILES string of the molecule is CCS(=O)(=O)c1cc(C=O)ccc1Cl. The van der Waals surface area contributed by atoms with Crippen molar-refractivity contribution in [3.63, 3.8) is 0 Å². The summed E-state index contributed by atoms with van der Waals surface area (Å²) in [6.07, 6.45) is 0.588. The normalized spacial score (nSPS) is 11.3. The fraction of sp³-hybridized carbons (Fsp3) is 0.222. The predicted molar refractivity (Wildman–Crippen MR) is 54.6 cm³/mol. The third-order valence-electron chi connectivity index (χ3n) is 1.81. The molecule has 0 amide bonds. The molecule has 0 aliphatic carbocycles. The minimum Gasteiger partial charge on any atom is -0.298 e. The lowest BCUT2D eigenvalue weighted by molar-refractivity contribution is 0.112. The Kier molecular flexibility index (Phi) is 3.29. The molecule has 1 aromatic rings. The van der Waals surface area contributed by atoms with Gasteiger partial charge in [0.2, 0.25) is 0 Å². The summed E-state index contributed by atoms with van der Waals surface area (Å²) in [4.78, 5) is 10.5. The Morgan fingerprint density at radius 2 is 2.07 bits per heavy atom. The first-order valence-electron chi connectivity index (χ1n) is 3.98. The largest absolute Gasteiger partial charge is 0.298 e. The average molecular weight is 233 g/mol. The van der Waals surface area contributed by atoms with Crippen LogP contribution in [0.15, 0.2) is 23.1 Å². The number of hydrogen-bond donors (Lipinski definition) is 0. The first-order valence-corrected chi connectivity index (χ1v) is 6.01. The molecule has 0 radical (unpaired) electrons. The van der Waals surface area contributed by atoms with Crippen LogP contribution in [0.25, 0.3) is 0 Å². The Hall–Kier alpha value is -0.870. The predicted octanol–water partition coefficient (Wildman–Crippen LogP) is 1.95. The van der Waals surface area contributed by atoms with Gasteiger partial charge in [0.1, 0.15) is 6.29 Å². The summed E-state index contributed by atoms with van der Waals surface area (Å²) in [6.45, 7) is 1.53. The minimum absolute atomic E-state index is 0.0197. The third-order valence-corrected chi connectivity index (χ3v) is 4.02. The lowest BCUT2D eigenvalue weighted by atomic mass is 10.2. The summed E-state index contributed by atoms with van der Waals surface area (Å²) in [5.41, 5.74) is 0.307. The van der Waals surface area contributed by atoms with Crippen molar-refractivity contribution in [2.24, 2.45) is 0 Å². The van der Waals surface area contributed by atoms with Crippen LogP contribution in [0.3, 0.4) is 0 Å². The van der Waals surface area contributed by atoms with Crippen LogP contribution in [-0.4, -0.2) is 20.5 Å². The van der Waals surface area contributed by atoms with Crippen LogP contribution in [0.1, 0.15) is 17.3 Å². The van der Waals surface area contributed by atoms with E-state index < -0.39 is 9.84 Å². The van der Waals surface area contributed by atoms with Crippen molar-refractivity contribution >= 4 is 27.7 Å². The van der Waals surface area contributed by atoms with Gasteiger partial charge < -0.3 is 0 Å². The highest BCUT2D eigenvalue weighted by atomic mass is 35.5. The van der Waals surface area contributed by atoms with Gasteiger partial charge in [0.25, 0.3) is 0 Å². The molecule has 3 nitrogen and oxygen atoms in total. The molecule has 5 heteroatoms. The van der Waals surface area contributed by atoms with Gasteiger partial charge in [-0.1, -0.05) is 24.6 Å². The van der Waals surface area contributed by atoms with E-state index in [-0.39, 0.29) is 15.7 Å². The van der Waals surface area contributed by atoms with Crippen molar-refractivity contribution in [1.82, 2.24) is 0 Å². The van der Waals surface area contributed by atoms with E-state index in [4.69, 9.17) is 11.6 Å². The van der Waals surface area contributed by atoms with Crippen LogP contribution in [0, 0.1) is 0 Å². The van der Waals surface area contributed by atoms with Gasteiger partial charge in [-0.25, -0.2) is 8.42 Å². The van der Waals surface area contributed by atoms with E-state index in [2.05, 4.69) is 0 Å². The molecule has 0 spiro atoms. The number of halogens is 1. The number of aldehydes is 1. The molecule has 0 aliphatic heterocycles. The fourth-order valence-corrected chi connectivity index (χ4v) is 2.45. The van der Waals surface area contributed by atoms with Crippen molar-refractivity contribution in [2.45, 2.75) is 11.8 Å². The molecule has 0 heterocycles. The van der Waals surface area contributed by atoms with Crippen LogP contribution < -0.4 is 0 Å². The molecular weight excluding hydrogens is 224 g/mol. The number of carbonyl (C=O) groups excluding carboxylic acids is 1. The van der Waals surface area contributed by atoms with Gasteiger partial charge in [0.05, 0.1) is 15.7 Å². The summed E-state index contributed by atoms with van der Waals surface area (Å²) >= 11 is 5.72. The summed E-state index contributed by atoms with van der Waals surface area (Å²) in [5.74, 6) is -0.0327. The van der Waals surface area contributed by atoms with Gasteiger partial charge in [0, 0.05) is 5.56 Å². The second-order valence-corrected chi connectivity index (χ2v) is 5.37. The summed E-state index contributed by atoms with van der Waals surface area (Å²) in [6, 6.07) is 4.17. The summed E-state index contributed by atoms with van der Waals surface area (Å²) < 4.78 is 23.0. The van der Waals surface area contributed by atoms with Crippen LogP contribution in [0.4, 0.5) is 0 Å². The zero-order valence-electron chi connectivity index (χ0n) is 7.53. The monoisotopic (exact) mass is 232 g/mol. The molecule has 0 aromatic heterocycles. The lowest BCUT2D eigenvalue weighted by Gasteiger charge is -2.04. The van der Waals surface area contributed by atoms with E-state index in [1.54, 1.807) is 0 Å². The molecule has 0 unspecified atom stereocenters. The standard InChI is InChI=1S/C9H9ClO3S/c1-2-14(12,13)9-5-7(6-11)3-4-8(9)10/h3-6H,2H2,1H3. The van der Waals surface area contributed by atoms with E-state index in [0.29, 0.717) is 11.8 Å². The van der Waals surface area contributed by atoms with E-state index in [0.717, 1.165) is 0 Å². The smallest absolute Gasteiger partial charge is 0.179 e. The highest BCUT2D eigenvalue weighted by Gasteiger charge is 2.15. The van der Waals surface area contributed by atoms with Crippen LogP contribution >= 0.6 is 11.6 Å². The zero-order valence-corrected chi connectivity index (χ0v) is 9.10. The highest BCUT2D eigenvalue weighted by molar-refractivity contribution is 7.91. The van der Waals surface area contributed by atoms with Crippen LogP contribution in [-0.2, 0) is 9.84 Å². The van der Waals surface area contributed by atoms with Gasteiger partial charge in [-0.15, -0.1) is 0 Å². The van der Waals surface area contributed by atoms with E-state index in [1.165, 1.54) is 25.1 Å². The Morgan fingerprint density at radius 3 is 2.57 bits per heavy atom. The van der Waals surface area contributed by atoms with Crippen molar-refractivity contribution in [3.8, 4) is 0 Å². The quantitative estimate of drug-likeness (QED) is 0.749. The molecule has 0 atom stereocenters. The maximum Gasteiger partial charge on any atom is 0.179 e. The molecule has 0 bridgehead atoms. The summed E-state index contributed by atoms with van der Waals surface area (Å²) in [7, 11) is -3.35. The van der Waals surface area contributed by atoms with E-state index >= 15 is 0 Å². The van der Waals surface area contributed by atoms with Crippen LogP contribution in [0.2, 0.25) is 5.02 Å². The molecular formula is C9H9ClO3S. The first kappa shape index (κ1) is 11.2. The molecule has 0 N–H and O–H groups in total. The van der Waals surface area contributed by atoms with E-state index in [1.807, 2.05) is 0 Å². The Bertz CT molecular complexity index is 451. The number of hydrogen-bond acceptors (Lipinski definition) is 3. The average Bonchev–Trinajstić information content (AvgIpc) is 2.18. The van der Waals surface area contributed by atoms with Crippen molar-refractivity contribution < 1.29 is 13.2 Å². The van der Waals surface area contributed by atoms with Crippen LogP contribution in [0.5, 0.6) is 0 Å². The van der Waals surface area contributed by atoms with Gasteiger partial charge in [0.15, 0.2) is 9.84 Å². The molecule has 0 saturated carbocycles. The first-order chi connectivity index (χ1) is 6.51. The third kappa shape index (κ3) is 2.13. The number of carbonyl (C=O) groups is 1. The highest BCUT2D eigenvalue weighted by Crippen LogP contribution is 2.23. The molecule has 0 saturated heterocycles. The number of rotatable bonds is 3. The molecule has 0 aliphatic rings. The second kappa shape index (κ2) is 4.11. The van der Waals surface area contributed by atoms with Gasteiger partial charge in [-0.2, -0.15) is 0 Å². The molecule has 0 fully saturated rings. The van der Waals surface area contributed by atoms with Gasteiger partial charge in [-0.05, 0) is 12.1 Å². The molecule has 14 heavy (non-hydrogen) atoms. The Morgan fingerprint density at radius 1 is 1.43 bits per heavy atom. The minimum atomic E-state index is -3.35. The summed E-state index contributed by atoms with van der Waals surface area (Å²) in [5, 5.41) is 0.150. The van der Waals surface area contributed by atoms with E-state index in [9.17, 15) is 13.2 Å². The lowest BCUT2D eigenvalue weighted by Crippen LogP contribution is -2.05. The Labute approximate surface area is 87.6 Å². The molecule has 76 valence electrons. The van der Waals surface area contributed by atoms with Gasteiger partial charge in [-0.3, -0.25) is 4.79 Å². The Balaban J connectivity index is 3.40. The van der Waals surface area contributed by atoms with Crippen molar-refractivity contribution in [2.75, 3.05) is 5.75 Å². The van der Waals surface area contributed by atoms with Crippen molar-refractivity contribution in [3.05, 3.63) is 28.8 Å². The fourth-order valence-electron chi connectivity index (χ4n) is 0.987. The maximum absolute atomic E-state index is 11.5. The number of sulfone groups is 1. The number of benzene rings is 1. The topological polar surface area (TPSA) is 51.2 Å².